The molecule has 2 N–H and O–H groups in total. The number of morpholine rings is 1. The Balaban J connectivity index is 2.45. The molecule has 1 aliphatic heterocycles. The summed E-state index contributed by atoms with van der Waals surface area (Å²) in [5, 5.41) is 4.44. The molecule has 0 amide bonds. The van der Waals surface area contributed by atoms with Crippen molar-refractivity contribution in [3.05, 3.63) is 11.3 Å². The van der Waals surface area contributed by atoms with Crippen LogP contribution in [0.4, 0.5) is 5.82 Å². The van der Waals surface area contributed by atoms with Crippen LogP contribution in [-0.4, -0.2) is 40.6 Å². The van der Waals surface area contributed by atoms with Gasteiger partial charge >= 0.3 is 0 Å². The third-order valence-corrected chi connectivity index (χ3v) is 3.61. The molecule has 0 saturated carbocycles. The van der Waals surface area contributed by atoms with E-state index in [1.807, 2.05) is 18.7 Å². The zero-order chi connectivity index (χ0) is 13.3. The Bertz CT molecular complexity index is 457. The van der Waals surface area contributed by atoms with Crippen molar-refractivity contribution in [1.29, 1.82) is 0 Å². The van der Waals surface area contributed by atoms with Crippen molar-refractivity contribution in [2.24, 2.45) is 12.8 Å². The van der Waals surface area contributed by atoms with E-state index in [1.54, 1.807) is 0 Å². The summed E-state index contributed by atoms with van der Waals surface area (Å²) in [6.45, 7) is 6.44. The maximum atomic E-state index is 5.84. The van der Waals surface area contributed by atoms with E-state index in [9.17, 15) is 0 Å². The van der Waals surface area contributed by atoms with Crippen LogP contribution < -0.4 is 10.6 Å². The molecule has 1 aromatic rings. The molecule has 2 rings (SSSR count). The molecule has 2 heterocycles. The van der Waals surface area contributed by atoms with Gasteiger partial charge in [0.25, 0.3) is 0 Å². The molecule has 1 unspecified atom stereocenters. The number of rotatable bonds is 3. The van der Waals surface area contributed by atoms with Crippen LogP contribution in [0, 0.1) is 6.92 Å². The van der Waals surface area contributed by atoms with Crippen LogP contribution in [0.1, 0.15) is 24.6 Å². The molecule has 0 aromatic carbocycles. The number of hydrogen-bond acceptors (Lipinski definition) is 4. The molecule has 5 nitrogen and oxygen atoms in total. The number of aryl methyl sites for hydroxylation is 2. The molecule has 1 aromatic heterocycles. The number of thiocarbonyl (C=S) groups is 1. The first-order chi connectivity index (χ1) is 8.56. The van der Waals surface area contributed by atoms with Gasteiger partial charge in [-0.05, 0) is 13.3 Å². The Labute approximate surface area is 113 Å². The topological polar surface area (TPSA) is 56.3 Å². The summed E-state index contributed by atoms with van der Waals surface area (Å²) >= 11 is 5.16. The molecule has 1 atom stereocenters. The summed E-state index contributed by atoms with van der Waals surface area (Å²) in [6, 6.07) is 0.363. The maximum absolute atomic E-state index is 5.84. The van der Waals surface area contributed by atoms with Gasteiger partial charge in [-0.2, -0.15) is 5.10 Å². The quantitative estimate of drug-likeness (QED) is 0.828. The minimum absolute atomic E-state index is 0.363. The fourth-order valence-corrected chi connectivity index (χ4v) is 2.77. The van der Waals surface area contributed by atoms with Gasteiger partial charge in [-0.1, -0.05) is 19.1 Å². The number of nitrogens with two attached hydrogens (primary N) is 1. The Morgan fingerprint density at radius 3 is 2.94 bits per heavy atom. The second-order valence-corrected chi connectivity index (χ2v) is 5.04. The van der Waals surface area contributed by atoms with Gasteiger partial charge in [-0.3, -0.25) is 4.68 Å². The molecule has 6 heteroatoms. The average Bonchev–Trinajstić information content (AvgIpc) is 2.64. The Kier molecular flexibility index (Phi) is 3.87. The molecule has 1 aliphatic rings. The highest BCUT2D eigenvalue weighted by Gasteiger charge is 2.28. The first-order valence-corrected chi connectivity index (χ1v) is 6.64. The fourth-order valence-electron chi connectivity index (χ4n) is 2.54. The van der Waals surface area contributed by atoms with Crippen LogP contribution >= 0.6 is 12.2 Å². The zero-order valence-corrected chi connectivity index (χ0v) is 12.0. The standard InChI is InChI=1S/C12H20N4OS/c1-4-9-7-17-6-5-16(9)12-10(11(13)18)8(2)14-15(12)3/h9H,4-7H2,1-3H3,(H2,13,18). The van der Waals surface area contributed by atoms with Crippen molar-refractivity contribution in [2.45, 2.75) is 26.3 Å². The van der Waals surface area contributed by atoms with Gasteiger partial charge in [-0.15, -0.1) is 0 Å². The van der Waals surface area contributed by atoms with Crippen LogP contribution in [-0.2, 0) is 11.8 Å². The summed E-state index contributed by atoms with van der Waals surface area (Å²) < 4.78 is 7.41. The SMILES string of the molecule is CCC1COCCN1c1c(C(N)=S)c(C)nn1C. The molecule has 100 valence electrons. The van der Waals surface area contributed by atoms with Crippen LogP contribution in [0.25, 0.3) is 0 Å². The van der Waals surface area contributed by atoms with E-state index in [0.29, 0.717) is 11.0 Å². The van der Waals surface area contributed by atoms with E-state index in [4.69, 9.17) is 22.7 Å². The van der Waals surface area contributed by atoms with Gasteiger partial charge in [0.15, 0.2) is 0 Å². The zero-order valence-electron chi connectivity index (χ0n) is 11.1. The predicted molar refractivity (Wildman–Crippen MR) is 76.1 cm³/mol. The molecule has 0 aliphatic carbocycles. The third-order valence-electron chi connectivity index (χ3n) is 3.41. The largest absolute Gasteiger partial charge is 0.389 e. The summed E-state index contributed by atoms with van der Waals surface area (Å²) in [5.74, 6) is 1.02. The van der Waals surface area contributed by atoms with E-state index in [2.05, 4.69) is 16.9 Å². The molecule has 18 heavy (non-hydrogen) atoms. The maximum Gasteiger partial charge on any atom is 0.137 e. The van der Waals surface area contributed by atoms with E-state index in [1.165, 1.54) is 0 Å². The van der Waals surface area contributed by atoms with Crippen molar-refractivity contribution >= 4 is 23.0 Å². The first-order valence-electron chi connectivity index (χ1n) is 6.24. The Morgan fingerprint density at radius 2 is 2.33 bits per heavy atom. The van der Waals surface area contributed by atoms with Gasteiger partial charge in [0.2, 0.25) is 0 Å². The van der Waals surface area contributed by atoms with Gasteiger partial charge in [0.1, 0.15) is 10.8 Å². The smallest absolute Gasteiger partial charge is 0.137 e. The van der Waals surface area contributed by atoms with Crippen LogP contribution in [0.3, 0.4) is 0 Å². The van der Waals surface area contributed by atoms with E-state index >= 15 is 0 Å². The van der Waals surface area contributed by atoms with Crippen molar-refractivity contribution in [2.75, 3.05) is 24.7 Å². The molecule has 0 radical (unpaired) electrons. The minimum Gasteiger partial charge on any atom is -0.389 e. The summed E-state index contributed by atoms with van der Waals surface area (Å²) in [5.41, 5.74) is 7.63. The van der Waals surface area contributed by atoms with E-state index in [0.717, 1.165) is 43.3 Å². The molecule has 0 spiro atoms. The predicted octanol–water partition coefficient (Wildman–Crippen LogP) is 0.978. The van der Waals surface area contributed by atoms with Gasteiger partial charge in [0, 0.05) is 13.6 Å². The highest BCUT2D eigenvalue weighted by Crippen LogP contribution is 2.27. The molecule has 0 bridgehead atoms. The second-order valence-electron chi connectivity index (χ2n) is 4.60. The molecular formula is C12H20N4OS. The van der Waals surface area contributed by atoms with Gasteiger partial charge in [-0.25, -0.2) is 0 Å². The number of aromatic nitrogens is 2. The van der Waals surface area contributed by atoms with Crippen molar-refractivity contribution < 1.29 is 4.74 Å². The van der Waals surface area contributed by atoms with Crippen molar-refractivity contribution in [3.63, 3.8) is 0 Å². The Morgan fingerprint density at radius 1 is 1.61 bits per heavy atom. The van der Waals surface area contributed by atoms with E-state index < -0.39 is 0 Å². The number of nitrogens with zero attached hydrogens (tertiary/aromatic N) is 3. The summed E-state index contributed by atoms with van der Waals surface area (Å²) in [6.07, 6.45) is 1.03. The van der Waals surface area contributed by atoms with Crippen molar-refractivity contribution in [1.82, 2.24) is 9.78 Å². The normalized spacial score (nSPS) is 20.2. The van der Waals surface area contributed by atoms with Crippen molar-refractivity contribution in [3.8, 4) is 0 Å². The third kappa shape index (κ3) is 2.22. The lowest BCUT2D eigenvalue weighted by molar-refractivity contribution is 0.0921. The monoisotopic (exact) mass is 268 g/mol. The minimum atomic E-state index is 0.363. The summed E-state index contributed by atoms with van der Waals surface area (Å²) in [7, 11) is 1.94. The molecule has 1 fully saturated rings. The second kappa shape index (κ2) is 5.24. The lowest BCUT2D eigenvalue weighted by atomic mass is 10.1. The van der Waals surface area contributed by atoms with Crippen LogP contribution in [0.15, 0.2) is 0 Å². The average molecular weight is 268 g/mol. The van der Waals surface area contributed by atoms with Gasteiger partial charge in [0.05, 0.1) is 30.5 Å². The fraction of sp³-hybridized carbons (Fsp3) is 0.667. The van der Waals surface area contributed by atoms with Gasteiger partial charge < -0.3 is 15.4 Å². The molecule has 1 saturated heterocycles. The highest BCUT2D eigenvalue weighted by molar-refractivity contribution is 7.80. The lowest BCUT2D eigenvalue weighted by Gasteiger charge is -2.37. The first kappa shape index (κ1) is 13.3. The van der Waals surface area contributed by atoms with E-state index in [-0.39, 0.29) is 0 Å². The van der Waals surface area contributed by atoms with Crippen LogP contribution in [0.2, 0.25) is 0 Å². The Hall–Kier alpha value is -1.14. The highest BCUT2D eigenvalue weighted by atomic mass is 32.1. The van der Waals surface area contributed by atoms with Crippen LogP contribution in [0.5, 0.6) is 0 Å². The number of ether oxygens (including phenoxy) is 1. The summed E-state index contributed by atoms with van der Waals surface area (Å²) in [4.78, 5) is 2.73. The lowest BCUT2D eigenvalue weighted by Crippen LogP contribution is -2.46. The number of hydrogen-bond donors (Lipinski definition) is 1. The molecular weight excluding hydrogens is 248 g/mol. The number of anilines is 1.